The highest BCUT2D eigenvalue weighted by molar-refractivity contribution is 6.07. The Balaban J connectivity index is 2.16. The van der Waals surface area contributed by atoms with Crippen LogP contribution in [0.15, 0.2) is 61.3 Å². The van der Waals surface area contributed by atoms with Gasteiger partial charge < -0.3 is 10.6 Å². The lowest BCUT2D eigenvalue weighted by atomic mass is 10.1. The number of carbonyl (C=O) groups is 1. The maximum atomic E-state index is 12.2. The van der Waals surface area contributed by atoms with E-state index in [4.69, 9.17) is 0 Å². The van der Waals surface area contributed by atoms with Crippen molar-refractivity contribution >= 4 is 17.4 Å². The number of hydrogen-bond acceptors (Lipinski definition) is 3. The van der Waals surface area contributed by atoms with E-state index in [1.807, 2.05) is 24.3 Å². The zero-order valence-corrected chi connectivity index (χ0v) is 10.5. The summed E-state index contributed by atoms with van der Waals surface area (Å²) < 4.78 is 0. The minimum absolute atomic E-state index is 0.189. The Kier molecular flexibility index (Phi) is 4.29. The van der Waals surface area contributed by atoms with E-state index in [0.29, 0.717) is 17.9 Å². The van der Waals surface area contributed by atoms with E-state index in [1.54, 1.807) is 30.5 Å². The molecule has 0 aliphatic heterocycles. The van der Waals surface area contributed by atoms with Gasteiger partial charge in [0.1, 0.15) is 5.82 Å². The normalized spacial score (nSPS) is 9.68. The molecule has 1 heterocycles. The molecular formula is C15H15N3O. The third kappa shape index (κ3) is 3.42. The van der Waals surface area contributed by atoms with Gasteiger partial charge in [-0.1, -0.05) is 24.3 Å². The van der Waals surface area contributed by atoms with Crippen molar-refractivity contribution in [3.05, 3.63) is 66.9 Å². The molecular weight excluding hydrogens is 238 g/mol. The Hall–Kier alpha value is -2.62. The van der Waals surface area contributed by atoms with Crippen molar-refractivity contribution < 1.29 is 4.79 Å². The van der Waals surface area contributed by atoms with Crippen molar-refractivity contribution in [2.75, 3.05) is 17.2 Å². The zero-order valence-electron chi connectivity index (χ0n) is 10.5. The lowest BCUT2D eigenvalue weighted by molar-refractivity contribution is 0.102. The third-order valence-electron chi connectivity index (χ3n) is 2.52. The first kappa shape index (κ1) is 12.8. The third-order valence-corrected chi connectivity index (χ3v) is 2.52. The summed E-state index contributed by atoms with van der Waals surface area (Å²) in [4.78, 5) is 16.2. The molecule has 1 aromatic carbocycles. The number of pyridine rings is 1. The molecule has 0 spiro atoms. The van der Waals surface area contributed by atoms with E-state index < -0.39 is 0 Å². The fourth-order valence-corrected chi connectivity index (χ4v) is 1.64. The average molecular weight is 253 g/mol. The SMILES string of the molecule is C=CCNc1ccccc1C(=O)Nc1ccccn1. The molecule has 2 aromatic rings. The van der Waals surface area contributed by atoms with Crippen molar-refractivity contribution in [2.24, 2.45) is 0 Å². The van der Waals surface area contributed by atoms with Gasteiger partial charge in [0, 0.05) is 18.4 Å². The van der Waals surface area contributed by atoms with Crippen molar-refractivity contribution in [2.45, 2.75) is 0 Å². The fraction of sp³-hybridized carbons (Fsp3) is 0.0667. The average Bonchev–Trinajstić information content (AvgIpc) is 2.46. The van der Waals surface area contributed by atoms with Crippen LogP contribution in [0.25, 0.3) is 0 Å². The van der Waals surface area contributed by atoms with Gasteiger partial charge in [-0.15, -0.1) is 6.58 Å². The predicted molar refractivity (Wildman–Crippen MR) is 77.3 cm³/mol. The lowest BCUT2D eigenvalue weighted by Gasteiger charge is -2.10. The molecule has 0 aliphatic carbocycles. The van der Waals surface area contributed by atoms with Crippen LogP contribution in [0.4, 0.5) is 11.5 Å². The maximum absolute atomic E-state index is 12.2. The summed E-state index contributed by atoms with van der Waals surface area (Å²) in [5.74, 6) is 0.344. The minimum atomic E-state index is -0.189. The number of amides is 1. The summed E-state index contributed by atoms with van der Waals surface area (Å²) in [5, 5.41) is 5.89. The number of hydrogen-bond donors (Lipinski definition) is 2. The number of aromatic nitrogens is 1. The van der Waals surface area contributed by atoms with Gasteiger partial charge in [-0.05, 0) is 24.3 Å². The highest BCUT2D eigenvalue weighted by Gasteiger charge is 2.10. The molecule has 0 unspecified atom stereocenters. The number of anilines is 2. The monoisotopic (exact) mass is 253 g/mol. The van der Waals surface area contributed by atoms with Crippen LogP contribution in [0.5, 0.6) is 0 Å². The Morgan fingerprint density at radius 3 is 2.74 bits per heavy atom. The first-order chi connectivity index (χ1) is 9.31. The van der Waals surface area contributed by atoms with E-state index in [-0.39, 0.29) is 5.91 Å². The topological polar surface area (TPSA) is 54.0 Å². The molecule has 1 amide bonds. The first-order valence-corrected chi connectivity index (χ1v) is 5.97. The number of para-hydroxylation sites is 1. The quantitative estimate of drug-likeness (QED) is 0.805. The number of rotatable bonds is 5. The second-order valence-electron chi connectivity index (χ2n) is 3.88. The second kappa shape index (κ2) is 6.35. The molecule has 0 atom stereocenters. The molecule has 0 radical (unpaired) electrons. The minimum Gasteiger partial charge on any atom is -0.381 e. The number of nitrogens with one attached hydrogen (secondary N) is 2. The summed E-state index contributed by atoms with van der Waals surface area (Å²) >= 11 is 0. The Morgan fingerprint density at radius 1 is 1.21 bits per heavy atom. The van der Waals surface area contributed by atoms with E-state index in [1.165, 1.54) is 0 Å². The molecule has 96 valence electrons. The Morgan fingerprint density at radius 2 is 2.00 bits per heavy atom. The Bertz CT molecular complexity index is 567. The molecule has 0 bridgehead atoms. The van der Waals surface area contributed by atoms with Gasteiger partial charge in [-0.25, -0.2) is 4.98 Å². The fourth-order valence-electron chi connectivity index (χ4n) is 1.64. The van der Waals surface area contributed by atoms with Crippen molar-refractivity contribution in [3.63, 3.8) is 0 Å². The van der Waals surface area contributed by atoms with Crippen LogP contribution in [0.1, 0.15) is 10.4 Å². The second-order valence-corrected chi connectivity index (χ2v) is 3.88. The molecule has 2 N–H and O–H groups in total. The molecule has 0 fully saturated rings. The number of carbonyl (C=O) groups excluding carboxylic acids is 1. The van der Waals surface area contributed by atoms with E-state index in [0.717, 1.165) is 5.69 Å². The summed E-state index contributed by atoms with van der Waals surface area (Å²) in [5.41, 5.74) is 1.35. The largest absolute Gasteiger partial charge is 0.381 e. The van der Waals surface area contributed by atoms with Crippen LogP contribution < -0.4 is 10.6 Å². The van der Waals surface area contributed by atoms with Gasteiger partial charge in [-0.2, -0.15) is 0 Å². The number of benzene rings is 1. The molecule has 2 rings (SSSR count). The predicted octanol–water partition coefficient (Wildman–Crippen LogP) is 2.93. The van der Waals surface area contributed by atoms with Gasteiger partial charge in [0.15, 0.2) is 0 Å². The number of nitrogens with zero attached hydrogens (tertiary/aromatic N) is 1. The van der Waals surface area contributed by atoms with Crippen LogP contribution >= 0.6 is 0 Å². The van der Waals surface area contributed by atoms with Gasteiger partial charge in [0.25, 0.3) is 5.91 Å². The van der Waals surface area contributed by atoms with Crippen molar-refractivity contribution in [3.8, 4) is 0 Å². The molecule has 0 aliphatic rings. The van der Waals surface area contributed by atoms with Crippen LogP contribution in [0.2, 0.25) is 0 Å². The van der Waals surface area contributed by atoms with Crippen LogP contribution in [-0.2, 0) is 0 Å². The molecule has 1 aromatic heterocycles. The molecule has 19 heavy (non-hydrogen) atoms. The van der Waals surface area contributed by atoms with Crippen LogP contribution in [0, 0.1) is 0 Å². The van der Waals surface area contributed by atoms with E-state index >= 15 is 0 Å². The molecule has 4 heteroatoms. The zero-order chi connectivity index (χ0) is 13.5. The van der Waals surface area contributed by atoms with Crippen LogP contribution in [-0.4, -0.2) is 17.4 Å². The van der Waals surface area contributed by atoms with E-state index in [2.05, 4.69) is 22.2 Å². The maximum Gasteiger partial charge on any atom is 0.258 e. The summed E-state index contributed by atoms with van der Waals surface area (Å²) in [6, 6.07) is 12.7. The van der Waals surface area contributed by atoms with Crippen LogP contribution in [0.3, 0.4) is 0 Å². The van der Waals surface area contributed by atoms with Gasteiger partial charge in [0.05, 0.1) is 5.56 Å². The van der Waals surface area contributed by atoms with Crippen molar-refractivity contribution in [1.82, 2.24) is 4.98 Å². The molecule has 4 nitrogen and oxygen atoms in total. The molecule has 0 saturated heterocycles. The van der Waals surface area contributed by atoms with Gasteiger partial charge in [-0.3, -0.25) is 4.79 Å². The van der Waals surface area contributed by atoms with Gasteiger partial charge >= 0.3 is 0 Å². The van der Waals surface area contributed by atoms with Crippen molar-refractivity contribution in [1.29, 1.82) is 0 Å². The summed E-state index contributed by atoms with van der Waals surface area (Å²) in [6.45, 7) is 4.25. The summed E-state index contributed by atoms with van der Waals surface area (Å²) in [6.07, 6.45) is 3.38. The van der Waals surface area contributed by atoms with E-state index in [9.17, 15) is 4.79 Å². The van der Waals surface area contributed by atoms with Gasteiger partial charge in [0.2, 0.25) is 0 Å². The smallest absolute Gasteiger partial charge is 0.258 e. The summed E-state index contributed by atoms with van der Waals surface area (Å²) in [7, 11) is 0. The highest BCUT2D eigenvalue weighted by Crippen LogP contribution is 2.16. The lowest BCUT2D eigenvalue weighted by Crippen LogP contribution is -2.15. The first-order valence-electron chi connectivity index (χ1n) is 5.97. The Labute approximate surface area is 112 Å². The standard InChI is InChI=1S/C15H15N3O/c1-2-10-16-13-8-4-3-7-12(13)15(19)18-14-9-5-6-11-17-14/h2-9,11,16H,1,10H2,(H,17,18,19). The highest BCUT2D eigenvalue weighted by atomic mass is 16.1. The molecule has 0 saturated carbocycles.